The van der Waals surface area contributed by atoms with Gasteiger partial charge in [-0.15, -0.1) is 0 Å². The SMILES string of the molecule is Cc1ccc(-c2nc(-c3ccc(F)c(Cl)c3)no2)c(O)c1. The van der Waals surface area contributed by atoms with E-state index in [1.54, 1.807) is 12.1 Å². The Bertz CT molecular complexity index is 817. The number of hydrogen-bond acceptors (Lipinski definition) is 4. The van der Waals surface area contributed by atoms with Gasteiger partial charge in [0.15, 0.2) is 0 Å². The van der Waals surface area contributed by atoms with Gasteiger partial charge in [-0.1, -0.05) is 22.8 Å². The topological polar surface area (TPSA) is 59.2 Å². The van der Waals surface area contributed by atoms with E-state index in [0.717, 1.165) is 5.56 Å². The average molecular weight is 305 g/mol. The molecule has 0 atom stereocenters. The summed E-state index contributed by atoms with van der Waals surface area (Å²) in [7, 11) is 0. The fourth-order valence-electron chi connectivity index (χ4n) is 1.91. The molecule has 106 valence electrons. The van der Waals surface area contributed by atoms with E-state index in [1.165, 1.54) is 18.2 Å². The number of halogens is 2. The zero-order chi connectivity index (χ0) is 15.0. The molecule has 6 heteroatoms. The number of phenols is 1. The third-order valence-electron chi connectivity index (χ3n) is 2.99. The van der Waals surface area contributed by atoms with Crippen molar-refractivity contribution in [2.24, 2.45) is 0 Å². The molecule has 0 saturated heterocycles. The minimum atomic E-state index is -0.514. The van der Waals surface area contributed by atoms with E-state index in [4.69, 9.17) is 16.1 Å². The van der Waals surface area contributed by atoms with Crippen LogP contribution >= 0.6 is 11.6 Å². The molecule has 0 radical (unpaired) electrons. The first-order chi connectivity index (χ1) is 10.0. The highest BCUT2D eigenvalue weighted by molar-refractivity contribution is 6.31. The van der Waals surface area contributed by atoms with E-state index in [2.05, 4.69) is 10.1 Å². The molecule has 1 heterocycles. The summed E-state index contributed by atoms with van der Waals surface area (Å²) in [6.45, 7) is 1.86. The van der Waals surface area contributed by atoms with Crippen LogP contribution in [0.3, 0.4) is 0 Å². The van der Waals surface area contributed by atoms with Crippen LogP contribution in [0.2, 0.25) is 5.02 Å². The van der Waals surface area contributed by atoms with Crippen LogP contribution in [0.15, 0.2) is 40.9 Å². The van der Waals surface area contributed by atoms with Crippen molar-refractivity contribution in [2.45, 2.75) is 6.92 Å². The smallest absolute Gasteiger partial charge is 0.261 e. The van der Waals surface area contributed by atoms with E-state index < -0.39 is 5.82 Å². The number of aromatic hydroxyl groups is 1. The number of hydrogen-bond donors (Lipinski definition) is 1. The summed E-state index contributed by atoms with van der Waals surface area (Å²) >= 11 is 5.73. The second-order valence-electron chi connectivity index (χ2n) is 4.57. The molecule has 0 aliphatic carbocycles. The minimum Gasteiger partial charge on any atom is -0.507 e. The number of benzene rings is 2. The molecule has 0 amide bonds. The number of aromatic nitrogens is 2. The summed E-state index contributed by atoms with van der Waals surface area (Å²) in [4.78, 5) is 4.19. The summed E-state index contributed by atoms with van der Waals surface area (Å²) in [6.07, 6.45) is 0. The molecule has 0 fully saturated rings. The molecule has 21 heavy (non-hydrogen) atoms. The maximum atomic E-state index is 13.1. The molecule has 3 rings (SSSR count). The lowest BCUT2D eigenvalue weighted by Gasteiger charge is -2.00. The third-order valence-corrected chi connectivity index (χ3v) is 3.28. The lowest BCUT2D eigenvalue weighted by atomic mass is 10.1. The van der Waals surface area contributed by atoms with Crippen molar-refractivity contribution in [3.05, 3.63) is 52.8 Å². The van der Waals surface area contributed by atoms with Gasteiger partial charge in [0, 0.05) is 5.56 Å². The van der Waals surface area contributed by atoms with Crippen LogP contribution in [-0.4, -0.2) is 15.2 Å². The Morgan fingerprint density at radius 2 is 2.00 bits per heavy atom. The average Bonchev–Trinajstić information content (AvgIpc) is 2.91. The molecule has 4 nitrogen and oxygen atoms in total. The summed E-state index contributed by atoms with van der Waals surface area (Å²) in [5.41, 5.74) is 1.89. The van der Waals surface area contributed by atoms with Crippen LogP contribution < -0.4 is 0 Å². The van der Waals surface area contributed by atoms with E-state index in [1.807, 2.05) is 13.0 Å². The lowest BCUT2D eigenvalue weighted by molar-refractivity contribution is 0.425. The van der Waals surface area contributed by atoms with Gasteiger partial charge in [0.25, 0.3) is 5.89 Å². The Morgan fingerprint density at radius 1 is 1.19 bits per heavy atom. The van der Waals surface area contributed by atoms with Gasteiger partial charge in [0.1, 0.15) is 11.6 Å². The molecule has 0 saturated carbocycles. The third kappa shape index (κ3) is 2.60. The molecule has 3 aromatic rings. The molecule has 2 aromatic carbocycles. The summed E-state index contributed by atoms with van der Waals surface area (Å²) < 4.78 is 18.3. The number of rotatable bonds is 2. The quantitative estimate of drug-likeness (QED) is 0.770. The minimum absolute atomic E-state index is 0.0166. The fraction of sp³-hybridized carbons (Fsp3) is 0.0667. The van der Waals surface area contributed by atoms with Gasteiger partial charge in [-0.25, -0.2) is 4.39 Å². The Hall–Kier alpha value is -2.40. The summed E-state index contributed by atoms with van der Waals surface area (Å²) in [5.74, 6) is -0.00234. The molecule has 0 spiro atoms. The van der Waals surface area contributed by atoms with Gasteiger partial charge in [-0.05, 0) is 42.8 Å². The summed E-state index contributed by atoms with van der Waals surface area (Å²) in [6, 6.07) is 9.28. The van der Waals surface area contributed by atoms with Crippen LogP contribution in [0.5, 0.6) is 5.75 Å². The van der Waals surface area contributed by atoms with Gasteiger partial charge in [-0.3, -0.25) is 0 Å². The number of aryl methyl sites for hydroxylation is 1. The number of phenolic OH excluding ortho intramolecular Hbond substituents is 1. The van der Waals surface area contributed by atoms with Crippen molar-refractivity contribution in [3.8, 4) is 28.6 Å². The van der Waals surface area contributed by atoms with Gasteiger partial charge in [0.05, 0.1) is 10.6 Å². The molecule has 0 bridgehead atoms. The van der Waals surface area contributed by atoms with Gasteiger partial charge >= 0.3 is 0 Å². The fourth-order valence-corrected chi connectivity index (χ4v) is 2.09. The van der Waals surface area contributed by atoms with E-state index in [-0.39, 0.29) is 22.5 Å². The highest BCUT2D eigenvalue weighted by Crippen LogP contribution is 2.30. The Morgan fingerprint density at radius 3 is 2.71 bits per heavy atom. The normalized spacial score (nSPS) is 10.8. The molecular formula is C15H10ClFN2O2. The van der Waals surface area contributed by atoms with Crippen LogP contribution in [0.4, 0.5) is 4.39 Å². The van der Waals surface area contributed by atoms with Crippen molar-refractivity contribution >= 4 is 11.6 Å². The summed E-state index contributed by atoms with van der Waals surface area (Å²) in [5, 5.41) is 13.7. The largest absolute Gasteiger partial charge is 0.507 e. The maximum absolute atomic E-state index is 13.1. The molecular weight excluding hydrogens is 295 g/mol. The molecule has 1 N–H and O–H groups in total. The predicted molar refractivity (Wildman–Crippen MR) is 76.5 cm³/mol. The Kier molecular flexibility index (Phi) is 3.35. The van der Waals surface area contributed by atoms with E-state index in [0.29, 0.717) is 11.1 Å². The second kappa shape index (κ2) is 5.18. The maximum Gasteiger partial charge on any atom is 0.261 e. The zero-order valence-corrected chi connectivity index (χ0v) is 11.7. The predicted octanol–water partition coefficient (Wildman–Crippen LogP) is 4.21. The van der Waals surface area contributed by atoms with Crippen LogP contribution in [0.1, 0.15) is 5.56 Å². The van der Waals surface area contributed by atoms with E-state index in [9.17, 15) is 9.50 Å². The van der Waals surface area contributed by atoms with E-state index >= 15 is 0 Å². The van der Waals surface area contributed by atoms with Crippen molar-refractivity contribution in [1.82, 2.24) is 10.1 Å². The van der Waals surface area contributed by atoms with Crippen LogP contribution in [0.25, 0.3) is 22.8 Å². The van der Waals surface area contributed by atoms with Crippen molar-refractivity contribution < 1.29 is 14.0 Å². The highest BCUT2D eigenvalue weighted by Gasteiger charge is 2.14. The van der Waals surface area contributed by atoms with Gasteiger partial charge in [0.2, 0.25) is 5.82 Å². The lowest BCUT2D eigenvalue weighted by Crippen LogP contribution is -1.84. The molecule has 0 aliphatic rings. The van der Waals surface area contributed by atoms with Crippen molar-refractivity contribution in [3.63, 3.8) is 0 Å². The van der Waals surface area contributed by atoms with Crippen LogP contribution in [-0.2, 0) is 0 Å². The van der Waals surface area contributed by atoms with Crippen molar-refractivity contribution in [1.29, 1.82) is 0 Å². The standard InChI is InChI=1S/C15H10ClFN2O2/c1-8-2-4-10(13(20)6-8)15-18-14(19-21-15)9-3-5-12(17)11(16)7-9/h2-7,20H,1H3. The molecule has 0 unspecified atom stereocenters. The highest BCUT2D eigenvalue weighted by atomic mass is 35.5. The first-order valence-corrected chi connectivity index (χ1v) is 6.51. The monoisotopic (exact) mass is 304 g/mol. The van der Waals surface area contributed by atoms with Crippen LogP contribution in [0, 0.1) is 12.7 Å². The Labute approximate surface area is 124 Å². The molecule has 0 aliphatic heterocycles. The van der Waals surface area contributed by atoms with Gasteiger partial charge in [-0.2, -0.15) is 4.98 Å². The first kappa shape index (κ1) is 13.6. The van der Waals surface area contributed by atoms with Crippen molar-refractivity contribution in [2.75, 3.05) is 0 Å². The van der Waals surface area contributed by atoms with Gasteiger partial charge < -0.3 is 9.63 Å². The first-order valence-electron chi connectivity index (χ1n) is 6.14. The molecule has 1 aromatic heterocycles. The zero-order valence-electron chi connectivity index (χ0n) is 11.0. The number of nitrogens with zero attached hydrogens (tertiary/aromatic N) is 2. The Balaban J connectivity index is 2.01. The second-order valence-corrected chi connectivity index (χ2v) is 4.98.